The zero-order valence-electron chi connectivity index (χ0n) is 9.50. The SMILES string of the molecule is N#Cc1ccccc1NC(=O)Cn1cc(N)cn1. The molecule has 0 saturated carbocycles. The molecule has 90 valence electrons. The molecular formula is C12H11N5O. The molecule has 0 aliphatic rings. The van der Waals surface area contributed by atoms with Crippen LogP contribution >= 0.6 is 0 Å². The maximum atomic E-state index is 11.7. The van der Waals surface area contributed by atoms with Gasteiger partial charge in [-0.25, -0.2) is 0 Å². The van der Waals surface area contributed by atoms with Crippen molar-refractivity contribution in [2.75, 3.05) is 11.1 Å². The Bertz CT molecular complexity index is 611. The molecule has 0 radical (unpaired) electrons. The van der Waals surface area contributed by atoms with Gasteiger partial charge in [0.25, 0.3) is 0 Å². The van der Waals surface area contributed by atoms with E-state index in [9.17, 15) is 4.79 Å². The summed E-state index contributed by atoms with van der Waals surface area (Å²) in [6.45, 7) is 0.0525. The van der Waals surface area contributed by atoms with Crippen LogP contribution < -0.4 is 11.1 Å². The Morgan fingerprint density at radius 3 is 2.94 bits per heavy atom. The van der Waals surface area contributed by atoms with Crippen LogP contribution in [0.25, 0.3) is 0 Å². The molecule has 0 aliphatic carbocycles. The summed E-state index contributed by atoms with van der Waals surface area (Å²) < 4.78 is 1.43. The van der Waals surface area contributed by atoms with Crippen molar-refractivity contribution in [2.45, 2.75) is 6.54 Å². The Labute approximate surface area is 104 Å². The van der Waals surface area contributed by atoms with Crippen LogP contribution in [0.5, 0.6) is 0 Å². The number of rotatable bonds is 3. The van der Waals surface area contributed by atoms with Crippen LogP contribution in [0.1, 0.15) is 5.56 Å². The summed E-state index contributed by atoms with van der Waals surface area (Å²) in [4.78, 5) is 11.7. The average molecular weight is 241 g/mol. The molecule has 3 N–H and O–H groups in total. The van der Waals surface area contributed by atoms with Crippen LogP contribution in [0.2, 0.25) is 0 Å². The second-order valence-electron chi connectivity index (χ2n) is 3.68. The number of hydrogen-bond donors (Lipinski definition) is 2. The highest BCUT2D eigenvalue weighted by Crippen LogP contribution is 2.13. The molecule has 1 heterocycles. The van der Waals surface area contributed by atoms with Crippen LogP contribution in [0.4, 0.5) is 11.4 Å². The summed E-state index contributed by atoms with van der Waals surface area (Å²) in [5.74, 6) is -0.263. The zero-order chi connectivity index (χ0) is 13.0. The number of nitriles is 1. The van der Waals surface area contributed by atoms with E-state index in [1.807, 2.05) is 6.07 Å². The fourth-order valence-electron chi connectivity index (χ4n) is 1.49. The molecule has 0 unspecified atom stereocenters. The molecule has 0 bridgehead atoms. The molecule has 6 nitrogen and oxygen atoms in total. The Kier molecular flexibility index (Phi) is 3.25. The molecule has 0 atom stereocenters. The highest BCUT2D eigenvalue weighted by atomic mass is 16.2. The van der Waals surface area contributed by atoms with E-state index in [4.69, 9.17) is 11.0 Å². The summed E-state index contributed by atoms with van der Waals surface area (Å²) in [5.41, 5.74) is 6.91. The molecule has 1 aromatic heterocycles. The number of aromatic nitrogens is 2. The molecule has 0 aliphatic heterocycles. The molecule has 1 aromatic carbocycles. The number of nitrogen functional groups attached to an aromatic ring is 1. The van der Waals surface area contributed by atoms with Crippen molar-refractivity contribution in [3.8, 4) is 6.07 Å². The number of carbonyl (C=O) groups excluding carboxylic acids is 1. The lowest BCUT2D eigenvalue weighted by atomic mass is 10.2. The van der Waals surface area contributed by atoms with E-state index in [1.165, 1.54) is 10.9 Å². The van der Waals surface area contributed by atoms with E-state index in [1.54, 1.807) is 30.5 Å². The first-order chi connectivity index (χ1) is 8.69. The molecule has 2 rings (SSSR count). The second kappa shape index (κ2) is 5.01. The molecule has 0 spiro atoms. The summed E-state index contributed by atoms with van der Waals surface area (Å²) in [6, 6.07) is 8.82. The fourth-order valence-corrected chi connectivity index (χ4v) is 1.49. The number of amides is 1. The van der Waals surface area contributed by atoms with Gasteiger partial charge in [0.05, 0.1) is 23.1 Å². The van der Waals surface area contributed by atoms with E-state index in [0.717, 1.165) is 0 Å². The number of nitrogens with one attached hydrogen (secondary N) is 1. The van der Waals surface area contributed by atoms with Crippen LogP contribution in [0.3, 0.4) is 0 Å². The minimum atomic E-state index is -0.263. The van der Waals surface area contributed by atoms with E-state index >= 15 is 0 Å². The Morgan fingerprint density at radius 2 is 2.28 bits per heavy atom. The molecule has 1 amide bonds. The third-order valence-corrected chi connectivity index (χ3v) is 2.28. The summed E-state index contributed by atoms with van der Waals surface area (Å²) in [6.07, 6.45) is 3.03. The zero-order valence-corrected chi connectivity index (χ0v) is 9.50. The summed E-state index contributed by atoms with van der Waals surface area (Å²) >= 11 is 0. The number of benzene rings is 1. The van der Waals surface area contributed by atoms with E-state index < -0.39 is 0 Å². The first-order valence-electron chi connectivity index (χ1n) is 5.26. The van der Waals surface area contributed by atoms with Gasteiger partial charge < -0.3 is 11.1 Å². The van der Waals surface area contributed by atoms with Gasteiger partial charge in [0, 0.05) is 6.20 Å². The predicted octanol–water partition coefficient (Wildman–Crippen LogP) is 0.976. The summed E-state index contributed by atoms with van der Waals surface area (Å²) in [7, 11) is 0. The Balaban J connectivity index is 2.06. The maximum Gasteiger partial charge on any atom is 0.246 e. The molecular weight excluding hydrogens is 230 g/mol. The lowest BCUT2D eigenvalue weighted by molar-refractivity contribution is -0.116. The molecule has 0 saturated heterocycles. The highest BCUT2D eigenvalue weighted by Gasteiger charge is 2.07. The summed E-state index contributed by atoms with van der Waals surface area (Å²) in [5, 5.41) is 15.5. The van der Waals surface area contributed by atoms with Crippen molar-refractivity contribution < 1.29 is 4.79 Å². The van der Waals surface area contributed by atoms with E-state index in [0.29, 0.717) is 16.9 Å². The molecule has 2 aromatic rings. The van der Waals surface area contributed by atoms with Gasteiger partial charge in [-0.1, -0.05) is 12.1 Å². The van der Waals surface area contributed by atoms with Gasteiger partial charge in [-0.05, 0) is 12.1 Å². The third kappa shape index (κ3) is 2.65. The van der Waals surface area contributed by atoms with Crippen LogP contribution in [-0.2, 0) is 11.3 Å². The fraction of sp³-hybridized carbons (Fsp3) is 0.0833. The first kappa shape index (κ1) is 11.7. The predicted molar refractivity (Wildman–Crippen MR) is 66.4 cm³/mol. The number of nitrogens with zero attached hydrogens (tertiary/aromatic N) is 3. The third-order valence-electron chi connectivity index (χ3n) is 2.28. The normalized spacial score (nSPS) is 9.72. The van der Waals surface area contributed by atoms with Gasteiger partial charge in [-0.3, -0.25) is 9.48 Å². The standard InChI is InChI=1S/C12H11N5O/c13-5-9-3-1-2-4-11(9)16-12(18)8-17-7-10(14)6-15-17/h1-4,6-7H,8,14H2,(H,16,18). The number of carbonyl (C=O) groups is 1. The van der Waals surface area contributed by atoms with E-state index in [2.05, 4.69) is 10.4 Å². The van der Waals surface area contributed by atoms with Gasteiger partial charge in [0.1, 0.15) is 12.6 Å². The first-order valence-corrected chi connectivity index (χ1v) is 5.26. The van der Waals surface area contributed by atoms with Gasteiger partial charge >= 0.3 is 0 Å². The average Bonchev–Trinajstić information content (AvgIpc) is 2.75. The molecule has 18 heavy (non-hydrogen) atoms. The van der Waals surface area contributed by atoms with Crippen molar-refractivity contribution >= 4 is 17.3 Å². The van der Waals surface area contributed by atoms with Gasteiger partial charge in [-0.15, -0.1) is 0 Å². The second-order valence-corrected chi connectivity index (χ2v) is 3.68. The Morgan fingerprint density at radius 1 is 1.50 bits per heavy atom. The van der Waals surface area contributed by atoms with Crippen LogP contribution in [-0.4, -0.2) is 15.7 Å². The minimum Gasteiger partial charge on any atom is -0.396 e. The number of para-hydroxylation sites is 1. The minimum absolute atomic E-state index is 0.0525. The highest BCUT2D eigenvalue weighted by molar-refractivity contribution is 5.91. The van der Waals surface area contributed by atoms with Crippen molar-refractivity contribution in [3.05, 3.63) is 42.2 Å². The smallest absolute Gasteiger partial charge is 0.246 e. The van der Waals surface area contributed by atoms with E-state index in [-0.39, 0.29) is 12.5 Å². The van der Waals surface area contributed by atoms with Crippen LogP contribution in [0.15, 0.2) is 36.7 Å². The van der Waals surface area contributed by atoms with Crippen molar-refractivity contribution in [2.24, 2.45) is 0 Å². The number of nitrogens with two attached hydrogens (primary N) is 1. The van der Waals surface area contributed by atoms with Crippen molar-refractivity contribution in [3.63, 3.8) is 0 Å². The number of anilines is 2. The lowest BCUT2D eigenvalue weighted by Crippen LogP contribution is -2.19. The topological polar surface area (TPSA) is 96.7 Å². The van der Waals surface area contributed by atoms with Crippen molar-refractivity contribution in [1.82, 2.24) is 9.78 Å². The Hall–Kier alpha value is -2.81. The molecule has 0 fully saturated rings. The van der Waals surface area contributed by atoms with Crippen LogP contribution in [0, 0.1) is 11.3 Å². The van der Waals surface area contributed by atoms with Gasteiger partial charge in [-0.2, -0.15) is 10.4 Å². The largest absolute Gasteiger partial charge is 0.396 e. The van der Waals surface area contributed by atoms with Gasteiger partial charge in [0.2, 0.25) is 5.91 Å². The quantitative estimate of drug-likeness (QED) is 0.836. The maximum absolute atomic E-state index is 11.7. The number of hydrogen-bond acceptors (Lipinski definition) is 4. The van der Waals surface area contributed by atoms with Gasteiger partial charge in [0.15, 0.2) is 0 Å². The monoisotopic (exact) mass is 241 g/mol. The lowest BCUT2D eigenvalue weighted by Gasteiger charge is -2.06. The van der Waals surface area contributed by atoms with Crippen molar-refractivity contribution in [1.29, 1.82) is 5.26 Å². The molecule has 6 heteroatoms.